The largest absolute Gasteiger partial charge is 0.397 e. The second-order valence-corrected chi connectivity index (χ2v) is 7.54. The molecule has 2 rings (SSSR count). The molecule has 0 unspecified atom stereocenters. The molecular formula is C14H14N2O6S2. The Kier molecular flexibility index (Phi) is 4.67. The van der Waals surface area contributed by atoms with Crippen molar-refractivity contribution in [2.24, 2.45) is 0 Å². The molecule has 0 atom stereocenters. The number of nitrogen functional groups attached to an aromatic ring is 2. The number of anilines is 2. The van der Waals surface area contributed by atoms with E-state index in [9.17, 15) is 25.9 Å². The molecule has 0 heterocycles. The predicted molar refractivity (Wildman–Crippen MR) is 90.3 cm³/mol. The highest BCUT2D eigenvalue weighted by Gasteiger charge is 2.30. The first-order valence-electron chi connectivity index (χ1n) is 6.42. The Morgan fingerprint density at radius 1 is 0.833 bits per heavy atom. The topological polar surface area (TPSA) is 161 Å². The van der Waals surface area contributed by atoms with Gasteiger partial charge in [-0.05, 0) is 17.2 Å². The lowest BCUT2D eigenvalue weighted by molar-refractivity contribution is 0.467. The van der Waals surface area contributed by atoms with Gasteiger partial charge in [-0.25, -0.2) is 0 Å². The fourth-order valence-electron chi connectivity index (χ4n) is 2.09. The molecule has 6 N–H and O–H groups in total. The van der Waals surface area contributed by atoms with Crippen molar-refractivity contribution in [3.63, 3.8) is 0 Å². The number of hydrogen-bond donors (Lipinski definition) is 4. The van der Waals surface area contributed by atoms with E-state index in [0.717, 1.165) is 6.07 Å². The van der Waals surface area contributed by atoms with E-state index in [2.05, 4.69) is 0 Å². The van der Waals surface area contributed by atoms with Crippen LogP contribution in [0.5, 0.6) is 0 Å². The summed E-state index contributed by atoms with van der Waals surface area (Å²) >= 11 is 0. The van der Waals surface area contributed by atoms with Gasteiger partial charge in [-0.15, -0.1) is 0 Å². The van der Waals surface area contributed by atoms with Crippen LogP contribution in [0.3, 0.4) is 0 Å². The van der Waals surface area contributed by atoms with Gasteiger partial charge in [0, 0.05) is 0 Å². The molecule has 0 radical (unpaired) electrons. The van der Waals surface area contributed by atoms with Gasteiger partial charge in [-0.1, -0.05) is 42.5 Å². The Morgan fingerprint density at radius 3 is 1.88 bits per heavy atom. The Morgan fingerprint density at radius 2 is 1.38 bits per heavy atom. The predicted octanol–water partition coefficient (Wildman–Crippen LogP) is 1.51. The highest BCUT2D eigenvalue weighted by Crippen LogP contribution is 2.35. The number of nitrogens with two attached hydrogens (primary N) is 2. The van der Waals surface area contributed by atoms with Crippen molar-refractivity contribution in [3.8, 4) is 0 Å². The summed E-state index contributed by atoms with van der Waals surface area (Å²) in [6.45, 7) is 0. The normalized spacial score (nSPS) is 12.6. The smallest absolute Gasteiger partial charge is 0.298 e. The van der Waals surface area contributed by atoms with Crippen molar-refractivity contribution < 1.29 is 25.9 Å². The molecular weight excluding hydrogens is 356 g/mol. The van der Waals surface area contributed by atoms with Crippen LogP contribution < -0.4 is 11.5 Å². The third-order valence-electron chi connectivity index (χ3n) is 3.11. The van der Waals surface area contributed by atoms with E-state index in [-0.39, 0.29) is 11.3 Å². The van der Waals surface area contributed by atoms with Crippen LogP contribution in [0.25, 0.3) is 12.2 Å². The molecule has 0 aliphatic carbocycles. The van der Waals surface area contributed by atoms with E-state index in [1.54, 1.807) is 30.3 Å². The lowest BCUT2D eigenvalue weighted by atomic mass is 10.1. The molecule has 128 valence electrons. The standard InChI is InChI=1S/C14H14N2O6S2/c15-11-8-10(7-6-9-4-2-1-3-5-9)13(23(17,18)19)14(12(11)16)24(20,21)22/h1-8H,15-16H2,(H,17,18,19)(H,20,21,22). The van der Waals surface area contributed by atoms with Crippen LogP contribution in [0.4, 0.5) is 11.4 Å². The summed E-state index contributed by atoms with van der Waals surface area (Å²) in [7, 11) is -10.1. The molecule has 0 amide bonds. The van der Waals surface area contributed by atoms with E-state index in [1.165, 1.54) is 12.2 Å². The Labute approximate surface area is 138 Å². The molecule has 0 aromatic heterocycles. The van der Waals surface area contributed by atoms with Gasteiger partial charge < -0.3 is 11.5 Å². The summed E-state index contributed by atoms with van der Waals surface area (Å²) in [5.41, 5.74) is 10.6. The van der Waals surface area contributed by atoms with Gasteiger partial charge in [-0.2, -0.15) is 16.8 Å². The average Bonchev–Trinajstić information content (AvgIpc) is 2.46. The maximum atomic E-state index is 11.6. The van der Waals surface area contributed by atoms with Gasteiger partial charge >= 0.3 is 0 Å². The minimum absolute atomic E-state index is 0.235. The summed E-state index contributed by atoms with van der Waals surface area (Å²) in [6.07, 6.45) is 2.72. The third kappa shape index (κ3) is 3.74. The SMILES string of the molecule is Nc1cc(C=Cc2ccccc2)c(S(=O)(=O)O)c(S(=O)(=O)O)c1N. The second-order valence-electron chi connectivity index (χ2n) is 4.82. The Balaban J connectivity index is 2.82. The first-order chi connectivity index (χ1) is 11.0. The van der Waals surface area contributed by atoms with Crippen molar-refractivity contribution >= 4 is 43.8 Å². The van der Waals surface area contributed by atoms with Gasteiger partial charge in [0.05, 0.1) is 11.4 Å². The van der Waals surface area contributed by atoms with Crippen molar-refractivity contribution in [2.75, 3.05) is 11.5 Å². The van der Waals surface area contributed by atoms with Crippen molar-refractivity contribution in [2.45, 2.75) is 9.79 Å². The molecule has 24 heavy (non-hydrogen) atoms. The molecule has 8 nitrogen and oxygen atoms in total. The molecule has 0 bridgehead atoms. The summed E-state index contributed by atoms with van der Waals surface area (Å²) in [6, 6.07) is 9.78. The van der Waals surface area contributed by atoms with Crippen LogP contribution >= 0.6 is 0 Å². The lowest BCUT2D eigenvalue weighted by Gasteiger charge is -2.13. The van der Waals surface area contributed by atoms with Gasteiger partial charge in [0.25, 0.3) is 20.2 Å². The summed E-state index contributed by atoms with van der Waals surface area (Å²) in [5.74, 6) is 0. The second kappa shape index (κ2) is 6.24. The molecule has 0 aliphatic heterocycles. The monoisotopic (exact) mass is 370 g/mol. The van der Waals surface area contributed by atoms with E-state index >= 15 is 0 Å². The zero-order chi connectivity index (χ0) is 18.1. The highest BCUT2D eigenvalue weighted by atomic mass is 32.2. The summed E-state index contributed by atoms with van der Waals surface area (Å²) in [4.78, 5) is -2.19. The van der Waals surface area contributed by atoms with Crippen LogP contribution in [-0.2, 0) is 20.2 Å². The van der Waals surface area contributed by atoms with Gasteiger partial charge in [-0.3, -0.25) is 9.11 Å². The number of benzene rings is 2. The van der Waals surface area contributed by atoms with Gasteiger partial charge in [0.15, 0.2) is 0 Å². The minimum Gasteiger partial charge on any atom is -0.397 e. The molecule has 2 aromatic carbocycles. The van der Waals surface area contributed by atoms with E-state index in [4.69, 9.17) is 11.5 Å². The van der Waals surface area contributed by atoms with Gasteiger partial charge in [0.2, 0.25) is 0 Å². The fraction of sp³-hybridized carbons (Fsp3) is 0. The lowest BCUT2D eigenvalue weighted by Crippen LogP contribution is -2.14. The van der Waals surface area contributed by atoms with Crippen molar-refractivity contribution in [1.29, 1.82) is 0 Å². The zero-order valence-electron chi connectivity index (χ0n) is 12.1. The van der Waals surface area contributed by atoms with Crippen LogP contribution in [0.2, 0.25) is 0 Å². The van der Waals surface area contributed by atoms with Crippen LogP contribution in [0.1, 0.15) is 11.1 Å². The van der Waals surface area contributed by atoms with E-state index in [1.807, 2.05) is 0 Å². The fourth-order valence-corrected chi connectivity index (χ4v) is 4.24. The quantitative estimate of drug-likeness (QED) is 0.358. The Bertz CT molecular complexity index is 1010. The van der Waals surface area contributed by atoms with Crippen LogP contribution in [0.15, 0.2) is 46.2 Å². The number of hydrogen-bond acceptors (Lipinski definition) is 6. The zero-order valence-corrected chi connectivity index (χ0v) is 13.8. The van der Waals surface area contributed by atoms with Crippen molar-refractivity contribution in [3.05, 3.63) is 47.5 Å². The molecule has 0 aliphatic rings. The summed E-state index contributed by atoms with van der Waals surface area (Å²) < 4.78 is 65.0. The van der Waals surface area contributed by atoms with E-state index in [0.29, 0.717) is 5.56 Å². The number of rotatable bonds is 4. The molecule has 0 saturated carbocycles. The van der Waals surface area contributed by atoms with Crippen LogP contribution in [-0.4, -0.2) is 25.9 Å². The molecule has 10 heteroatoms. The summed E-state index contributed by atoms with van der Waals surface area (Å²) in [5, 5.41) is 0. The molecule has 2 aromatic rings. The minimum atomic E-state index is -5.05. The van der Waals surface area contributed by atoms with Crippen LogP contribution in [0, 0.1) is 0 Å². The van der Waals surface area contributed by atoms with E-state index < -0.39 is 35.7 Å². The first kappa shape index (κ1) is 17.9. The maximum absolute atomic E-state index is 11.6. The highest BCUT2D eigenvalue weighted by molar-refractivity contribution is 7.89. The van der Waals surface area contributed by atoms with Gasteiger partial charge in [0.1, 0.15) is 9.79 Å². The molecule has 0 spiro atoms. The molecule has 0 fully saturated rings. The average molecular weight is 370 g/mol. The maximum Gasteiger partial charge on any atom is 0.298 e. The molecule has 0 saturated heterocycles. The Hall–Kier alpha value is -2.40. The first-order valence-corrected chi connectivity index (χ1v) is 9.30. The van der Waals surface area contributed by atoms with Crippen molar-refractivity contribution in [1.82, 2.24) is 0 Å². The third-order valence-corrected chi connectivity index (χ3v) is 5.13.